The standard InChI is InChI=1S/C26H19F5N4O5S/c1-39-26-14(3-5-17(35-26)24(30)31)16-4-2-12-10-32-18(21(29)22(12)34-16)11-33-25(36)13-8-15(27)23-19(9-13)41(37,38)20(28)6-7-40-23/h2-5,8-10,20,24H,6-7,11H2,1H3,(H,33,36)/t20-/m1/s1. The van der Waals surface area contributed by atoms with Crippen molar-refractivity contribution in [2.45, 2.75) is 29.8 Å². The van der Waals surface area contributed by atoms with Crippen LogP contribution in [0, 0.1) is 11.6 Å². The fourth-order valence-corrected chi connectivity index (χ4v) is 5.54. The molecule has 15 heteroatoms. The van der Waals surface area contributed by atoms with Gasteiger partial charge in [-0.2, -0.15) is 0 Å². The number of fused-ring (bicyclic) bond motifs is 2. The fraction of sp³-hybridized carbons (Fsp3) is 0.231. The summed E-state index contributed by atoms with van der Waals surface area (Å²) in [7, 11) is -3.38. The summed E-state index contributed by atoms with van der Waals surface area (Å²) in [6, 6.07) is 6.92. The molecule has 9 nitrogen and oxygen atoms in total. The van der Waals surface area contributed by atoms with Crippen molar-refractivity contribution < 1.29 is 44.6 Å². The smallest absolute Gasteiger partial charge is 0.280 e. The maximum Gasteiger partial charge on any atom is 0.280 e. The van der Waals surface area contributed by atoms with Crippen LogP contribution in [0.3, 0.4) is 0 Å². The highest BCUT2D eigenvalue weighted by Crippen LogP contribution is 2.35. The van der Waals surface area contributed by atoms with E-state index in [1.54, 1.807) is 0 Å². The van der Waals surface area contributed by atoms with Gasteiger partial charge >= 0.3 is 0 Å². The minimum atomic E-state index is -4.62. The number of nitrogens with one attached hydrogen (secondary N) is 1. The summed E-state index contributed by atoms with van der Waals surface area (Å²) >= 11 is 0. The van der Waals surface area contributed by atoms with Gasteiger partial charge in [-0.05, 0) is 36.4 Å². The van der Waals surface area contributed by atoms with Crippen LogP contribution >= 0.6 is 0 Å². The highest BCUT2D eigenvalue weighted by Gasteiger charge is 2.35. The second-order valence-corrected chi connectivity index (χ2v) is 10.8. The number of carbonyl (C=O) groups is 1. The summed E-state index contributed by atoms with van der Waals surface area (Å²) < 4.78 is 105. The van der Waals surface area contributed by atoms with E-state index in [9.17, 15) is 30.8 Å². The number of aromatic nitrogens is 3. The zero-order valence-corrected chi connectivity index (χ0v) is 21.8. The van der Waals surface area contributed by atoms with E-state index in [-0.39, 0.29) is 40.3 Å². The lowest BCUT2D eigenvalue weighted by molar-refractivity contribution is 0.0949. The predicted octanol–water partition coefficient (Wildman–Crippen LogP) is 4.70. The van der Waals surface area contributed by atoms with Crippen LogP contribution in [-0.2, 0) is 16.4 Å². The van der Waals surface area contributed by atoms with Crippen LogP contribution < -0.4 is 14.8 Å². The molecule has 0 aliphatic carbocycles. The molecule has 1 aliphatic rings. The van der Waals surface area contributed by atoms with E-state index in [1.807, 2.05) is 0 Å². The molecule has 0 unspecified atom stereocenters. The summed E-state index contributed by atoms with van der Waals surface area (Å²) in [4.78, 5) is 24.0. The second kappa shape index (κ2) is 10.9. The zero-order valence-electron chi connectivity index (χ0n) is 21.0. The lowest BCUT2D eigenvalue weighted by atomic mass is 10.1. The van der Waals surface area contributed by atoms with Crippen molar-refractivity contribution in [1.82, 2.24) is 20.3 Å². The number of halogens is 5. The number of methoxy groups -OCH3 is 1. The molecule has 4 heterocycles. The zero-order chi connectivity index (χ0) is 29.5. The molecule has 41 heavy (non-hydrogen) atoms. The third-order valence-electron chi connectivity index (χ3n) is 6.24. The van der Waals surface area contributed by atoms with Crippen molar-refractivity contribution >= 4 is 26.6 Å². The van der Waals surface area contributed by atoms with Crippen molar-refractivity contribution in [1.29, 1.82) is 0 Å². The first-order chi connectivity index (χ1) is 19.5. The highest BCUT2D eigenvalue weighted by atomic mass is 32.2. The average molecular weight is 595 g/mol. The number of carbonyl (C=O) groups excluding carboxylic acids is 1. The Morgan fingerprint density at radius 2 is 1.95 bits per heavy atom. The summed E-state index contributed by atoms with van der Waals surface area (Å²) in [5.41, 5.74) is -3.34. The first-order valence-electron chi connectivity index (χ1n) is 11.9. The normalized spacial score (nSPS) is 16.1. The van der Waals surface area contributed by atoms with Crippen LogP contribution in [0.1, 0.15) is 34.6 Å². The summed E-state index contributed by atoms with van der Waals surface area (Å²) in [5.74, 6) is -3.90. The number of ether oxygens (including phenoxy) is 2. The quantitative estimate of drug-likeness (QED) is 0.319. The molecule has 0 fully saturated rings. The Balaban J connectivity index is 1.43. The van der Waals surface area contributed by atoms with E-state index in [0.717, 1.165) is 18.2 Å². The van der Waals surface area contributed by atoms with Gasteiger partial charge in [-0.25, -0.2) is 40.3 Å². The Labute approximate surface area is 229 Å². The molecule has 3 aromatic heterocycles. The number of sulfone groups is 1. The Hall–Kier alpha value is -4.40. The number of hydrogen-bond acceptors (Lipinski definition) is 8. The van der Waals surface area contributed by atoms with Crippen LogP contribution in [0.2, 0.25) is 0 Å². The third-order valence-corrected chi connectivity index (χ3v) is 8.07. The lowest BCUT2D eigenvalue weighted by Gasteiger charge is -2.12. The molecule has 1 aromatic carbocycles. The molecule has 1 amide bonds. The van der Waals surface area contributed by atoms with Crippen molar-refractivity contribution in [2.75, 3.05) is 13.7 Å². The summed E-state index contributed by atoms with van der Waals surface area (Å²) in [6.45, 7) is -0.878. The SMILES string of the molecule is COc1nc(C(F)F)ccc1-c1ccc2cnc(CNC(=O)c3cc(F)c4c(c3)S(=O)(=O)[C@@H](F)CCO4)c(F)c2n1. The summed E-state index contributed by atoms with van der Waals surface area (Å²) in [6.07, 6.45) is -2.05. The van der Waals surface area contributed by atoms with Gasteiger partial charge < -0.3 is 14.8 Å². The van der Waals surface area contributed by atoms with Crippen LogP contribution in [0.5, 0.6) is 11.6 Å². The van der Waals surface area contributed by atoms with E-state index < -0.39 is 74.2 Å². The van der Waals surface area contributed by atoms with Gasteiger partial charge in [-0.15, -0.1) is 0 Å². The van der Waals surface area contributed by atoms with Crippen molar-refractivity contribution in [2.24, 2.45) is 0 Å². The number of amides is 1. The molecule has 0 saturated carbocycles. The molecule has 214 valence electrons. The van der Waals surface area contributed by atoms with E-state index in [1.165, 1.54) is 31.5 Å². The monoisotopic (exact) mass is 594 g/mol. The molecule has 4 aromatic rings. The molecule has 1 aliphatic heterocycles. The molecule has 0 saturated heterocycles. The molecule has 5 rings (SSSR count). The van der Waals surface area contributed by atoms with Gasteiger partial charge in [-0.3, -0.25) is 9.78 Å². The molecule has 0 bridgehead atoms. The first-order valence-corrected chi connectivity index (χ1v) is 13.5. The number of benzene rings is 1. The highest BCUT2D eigenvalue weighted by molar-refractivity contribution is 7.92. The molecule has 1 N–H and O–H groups in total. The van der Waals surface area contributed by atoms with Crippen molar-refractivity contribution in [3.8, 4) is 22.9 Å². The Kier molecular flexibility index (Phi) is 7.46. The minimum absolute atomic E-state index is 0.143. The van der Waals surface area contributed by atoms with Gasteiger partial charge in [0, 0.05) is 23.6 Å². The third kappa shape index (κ3) is 5.24. The second-order valence-electron chi connectivity index (χ2n) is 8.81. The van der Waals surface area contributed by atoms with Crippen LogP contribution in [0.25, 0.3) is 22.2 Å². The van der Waals surface area contributed by atoms with Crippen LogP contribution in [0.4, 0.5) is 22.0 Å². The van der Waals surface area contributed by atoms with Gasteiger partial charge in [0.1, 0.15) is 16.1 Å². The van der Waals surface area contributed by atoms with E-state index in [2.05, 4.69) is 20.3 Å². The number of hydrogen-bond donors (Lipinski definition) is 1. The molecular formula is C26H19F5N4O5S. The van der Waals surface area contributed by atoms with E-state index >= 15 is 4.39 Å². The van der Waals surface area contributed by atoms with Gasteiger partial charge in [-0.1, -0.05) is 0 Å². The Morgan fingerprint density at radius 3 is 2.68 bits per heavy atom. The minimum Gasteiger partial charge on any atom is -0.489 e. The maximum atomic E-state index is 15.4. The topological polar surface area (TPSA) is 120 Å². The molecule has 1 atom stereocenters. The number of nitrogens with zero attached hydrogens (tertiary/aromatic N) is 3. The van der Waals surface area contributed by atoms with Gasteiger partial charge in [0.15, 0.2) is 17.4 Å². The van der Waals surface area contributed by atoms with E-state index in [0.29, 0.717) is 0 Å². The first kappa shape index (κ1) is 28.1. The van der Waals surface area contributed by atoms with Crippen molar-refractivity contribution in [3.05, 3.63) is 71.2 Å². The number of pyridine rings is 3. The predicted molar refractivity (Wildman–Crippen MR) is 134 cm³/mol. The van der Waals surface area contributed by atoms with Gasteiger partial charge in [0.05, 0.1) is 37.2 Å². The summed E-state index contributed by atoms with van der Waals surface area (Å²) in [5, 5.41) is 2.61. The van der Waals surface area contributed by atoms with Gasteiger partial charge in [0.2, 0.25) is 21.2 Å². The lowest BCUT2D eigenvalue weighted by Crippen LogP contribution is -2.25. The number of rotatable bonds is 6. The van der Waals surface area contributed by atoms with Gasteiger partial charge in [0.25, 0.3) is 12.3 Å². The maximum absolute atomic E-state index is 15.4. The van der Waals surface area contributed by atoms with Crippen LogP contribution in [0.15, 0.2) is 47.5 Å². The van der Waals surface area contributed by atoms with E-state index in [4.69, 9.17) is 9.47 Å². The Bertz CT molecular complexity index is 1790. The largest absolute Gasteiger partial charge is 0.489 e. The average Bonchev–Trinajstić information content (AvgIpc) is 3.07. The molecular weight excluding hydrogens is 575 g/mol. The number of alkyl halides is 3. The van der Waals surface area contributed by atoms with Crippen molar-refractivity contribution in [3.63, 3.8) is 0 Å². The Morgan fingerprint density at radius 1 is 1.17 bits per heavy atom. The van der Waals surface area contributed by atoms with Crippen LogP contribution in [-0.4, -0.2) is 48.5 Å². The molecule has 0 spiro atoms. The fourth-order valence-electron chi connectivity index (χ4n) is 4.15. The molecule has 0 radical (unpaired) electrons.